The number of hydrogen-bond donors (Lipinski definition) is 3. The van der Waals surface area contributed by atoms with Crippen LogP contribution in [0, 0.1) is 0 Å². The van der Waals surface area contributed by atoms with E-state index in [-0.39, 0.29) is 5.84 Å². The lowest BCUT2D eigenvalue weighted by atomic mass is 10.1. The predicted octanol–water partition coefficient (Wildman–Crippen LogP) is 1.22. The van der Waals surface area contributed by atoms with Gasteiger partial charge in [-0.3, -0.25) is 0 Å². The van der Waals surface area contributed by atoms with Gasteiger partial charge in [-0.2, -0.15) is 0 Å². The van der Waals surface area contributed by atoms with Gasteiger partial charge in [0.1, 0.15) is 5.75 Å². The lowest BCUT2D eigenvalue weighted by molar-refractivity contribution is 0.318. The Bertz CT molecular complexity index is 475. The molecule has 21 heavy (non-hydrogen) atoms. The Morgan fingerprint density at radius 1 is 1.48 bits per heavy atom. The molecule has 118 valence electrons. The van der Waals surface area contributed by atoms with Crippen molar-refractivity contribution in [3.05, 3.63) is 29.3 Å². The molecule has 1 atom stereocenters. The van der Waals surface area contributed by atoms with Crippen molar-refractivity contribution in [2.24, 2.45) is 10.9 Å². The van der Waals surface area contributed by atoms with E-state index in [1.54, 1.807) is 13.2 Å². The van der Waals surface area contributed by atoms with Gasteiger partial charge in [-0.1, -0.05) is 11.2 Å². The summed E-state index contributed by atoms with van der Waals surface area (Å²) in [6.07, 6.45) is 1.09. The van der Waals surface area contributed by atoms with Gasteiger partial charge >= 0.3 is 0 Å². The fourth-order valence-electron chi connectivity index (χ4n) is 1.96. The van der Waals surface area contributed by atoms with Gasteiger partial charge in [-0.05, 0) is 51.7 Å². The molecule has 0 fully saturated rings. The van der Waals surface area contributed by atoms with Crippen molar-refractivity contribution in [1.29, 1.82) is 0 Å². The molecule has 1 aromatic carbocycles. The van der Waals surface area contributed by atoms with Gasteiger partial charge in [0, 0.05) is 12.6 Å². The maximum atomic E-state index is 8.75. The third-order valence-corrected chi connectivity index (χ3v) is 3.31. The van der Waals surface area contributed by atoms with Crippen LogP contribution in [0.5, 0.6) is 5.75 Å². The lowest BCUT2D eigenvalue weighted by Gasteiger charge is -2.17. The highest BCUT2D eigenvalue weighted by Gasteiger charge is 2.09. The highest BCUT2D eigenvalue weighted by molar-refractivity contribution is 5.99. The average Bonchev–Trinajstić information content (AvgIpc) is 2.49. The third-order valence-electron chi connectivity index (χ3n) is 3.31. The van der Waals surface area contributed by atoms with E-state index in [2.05, 4.69) is 36.4 Å². The van der Waals surface area contributed by atoms with E-state index in [4.69, 9.17) is 15.7 Å². The number of oxime groups is 1. The number of ether oxygens (including phenoxy) is 1. The topological polar surface area (TPSA) is 83.1 Å². The largest absolute Gasteiger partial charge is 0.496 e. The Morgan fingerprint density at radius 3 is 2.76 bits per heavy atom. The monoisotopic (exact) mass is 294 g/mol. The average molecular weight is 294 g/mol. The molecular weight excluding hydrogens is 268 g/mol. The first-order valence-corrected chi connectivity index (χ1v) is 7.00. The van der Waals surface area contributed by atoms with E-state index in [1.165, 1.54) is 0 Å². The van der Waals surface area contributed by atoms with Gasteiger partial charge in [0.05, 0.1) is 12.7 Å². The highest BCUT2D eigenvalue weighted by atomic mass is 16.5. The number of nitrogens with zero attached hydrogens (tertiary/aromatic N) is 2. The number of amidine groups is 1. The molecule has 6 nitrogen and oxygen atoms in total. The molecule has 1 unspecified atom stereocenters. The second-order valence-electron chi connectivity index (χ2n) is 5.39. The fourth-order valence-corrected chi connectivity index (χ4v) is 1.96. The van der Waals surface area contributed by atoms with Gasteiger partial charge < -0.3 is 25.9 Å². The minimum Gasteiger partial charge on any atom is -0.496 e. The summed E-state index contributed by atoms with van der Waals surface area (Å²) in [5.41, 5.74) is 7.29. The Morgan fingerprint density at radius 2 is 2.19 bits per heavy atom. The van der Waals surface area contributed by atoms with E-state index in [0.717, 1.165) is 25.1 Å². The van der Waals surface area contributed by atoms with Crippen LogP contribution < -0.4 is 15.8 Å². The van der Waals surface area contributed by atoms with Crippen LogP contribution in [-0.2, 0) is 6.54 Å². The molecule has 0 aliphatic carbocycles. The Balaban J connectivity index is 2.64. The van der Waals surface area contributed by atoms with Gasteiger partial charge in [-0.25, -0.2) is 0 Å². The predicted molar refractivity (Wildman–Crippen MR) is 85.0 cm³/mol. The zero-order valence-electron chi connectivity index (χ0n) is 13.3. The van der Waals surface area contributed by atoms with E-state index in [0.29, 0.717) is 17.4 Å². The standard InChI is InChI=1S/C15H26N4O2/c1-11(7-8-19(2)3)17-10-12-5-6-13(15(16)18-20)14(9-12)21-4/h5-6,9,11,17,20H,7-8,10H2,1-4H3,(H2,16,18). The number of benzene rings is 1. The Kier molecular flexibility index (Phi) is 6.98. The number of hydrogen-bond acceptors (Lipinski definition) is 5. The molecule has 0 radical (unpaired) electrons. The van der Waals surface area contributed by atoms with Gasteiger partial charge in [0.15, 0.2) is 5.84 Å². The summed E-state index contributed by atoms with van der Waals surface area (Å²) in [6, 6.07) is 6.08. The minimum absolute atomic E-state index is 0.0470. The molecule has 0 aromatic heterocycles. The Hall–Kier alpha value is -1.79. The van der Waals surface area contributed by atoms with E-state index >= 15 is 0 Å². The molecule has 0 heterocycles. The summed E-state index contributed by atoms with van der Waals surface area (Å²) in [5, 5.41) is 15.2. The molecule has 0 aliphatic rings. The number of methoxy groups -OCH3 is 1. The van der Waals surface area contributed by atoms with Crippen molar-refractivity contribution in [3.8, 4) is 5.75 Å². The van der Waals surface area contributed by atoms with Crippen LogP contribution in [-0.4, -0.2) is 49.7 Å². The second kappa shape index (κ2) is 8.49. The molecule has 0 bridgehead atoms. The van der Waals surface area contributed by atoms with Crippen LogP contribution >= 0.6 is 0 Å². The SMILES string of the molecule is COc1cc(CNC(C)CCN(C)C)ccc1/C(N)=N/O. The summed E-state index contributed by atoms with van der Waals surface area (Å²) < 4.78 is 5.29. The van der Waals surface area contributed by atoms with E-state index in [1.807, 2.05) is 12.1 Å². The summed E-state index contributed by atoms with van der Waals surface area (Å²) in [4.78, 5) is 2.17. The van der Waals surface area contributed by atoms with Crippen LogP contribution in [0.3, 0.4) is 0 Å². The molecule has 0 spiro atoms. The zero-order valence-corrected chi connectivity index (χ0v) is 13.3. The summed E-state index contributed by atoms with van der Waals surface area (Å²) in [5.74, 6) is 0.649. The fraction of sp³-hybridized carbons (Fsp3) is 0.533. The minimum atomic E-state index is 0.0470. The normalized spacial score (nSPS) is 13.5. The van der Waals surface area contributed by atoms with E-state index in [9.17, 15) is 0 Å². The first-order chi connectivity index (χ1) is 9.97. The lowest BCUT2D eigenvalue weighted by Crippen LogP contribution is -2.29. The molecule has 0 saturated carbocycles. The van der Waals surface area contributed by atoms with Gasteiger partial charge in [0.25, 0.3) is 0 Å². The molecule has 0 amide bonds. The molecule has 0 saturated heterocycles. The molecule has 4 N–H and O–H groups in total. The third kappa shape index (κ3) is 5.61. The molecule has 0 aliphatic heterocycles. The summed E-state index contributed by atoms with van der Waals surface area (Å²) in [7, 11) is 5.72. The molecule has 6 heteroatoms. The van der Waals surface area contributed by atoms with Crippen LogP contribution in [0.25, 0.3) is 0 Å². The van der Waals surface area contributed by atoms with Crippen LogP contribution in [0.4, 0.5) is 0 Å². The molecule has 1 aromatic rings. The van der Waals surface area contributed by atoms with Crippen molar-refractivity contribution in [1.82, 2.24) is 10.2 Å². The first kappa shape index (κ1) is 17.3. The van der Waals surface area contributed by atoms with Crippen molar-refractivity contribution < 1.29 is 9.94 Å². The smallest absolute Gasteiger partial charge is 0.173 e. The van der Waals surface area contributed by atoms with Crippen LogP contribution in [0.2, 0.25) is 0 Å². The first-order valence-electron chi connectivity index (χ1n) is 7.00. The summed E-state index contributed by atoms with van der Waals surface area (Å²) in [6.45, 7) is 3.98. The highest BCUT2D eigenvalue weighted by Crippen LogP contribution is 2.20. The van der Waals surface area contributed by atoms with Crippen molar-refractivity contribution in [3.63, 3.8) is 0 Å². The molecular formula is C15H26N4O2. The second-order valence-corrected chi connectivity index (χ2v) is 5.39. The van der Waals surface area contributed by atoms with Crippen molar-refractivity contribution in [2.75, 3.05) is 27.7 Å². The maximum absolute atomic E-state index is 8.75. The van der Waals surface area contributed by atoms with Gasteiger partial charge in [-0.15, -0.1) is 0 Å². The Labute approximate surface area is 126 Å². The van der Waals surface area contributed by atoms with Crippen LogP contribution in [0.1, 0.15) is 24.5 Å². The number of nitrogens with one attached hydrogen (secondary N) is 1. The number of rotatable bonds is 8. The van der Waals surface area contributed by atoms with E-state index < -0.39 is 0 Å². The van der Waals surface area contributed by atoms with Crippen LogP contribution in [0.15, 0.2) is 23.4 Å². The quantitative estimate of drug-likeness (QED) is 0.291. The molecule has 1 rings (SSSR count). The van der Waals surface area contributed by atoms with Gasteiger partial charge in [0.2, 0.25) is 0 Å². The van der Waals surface area contributed by atoms with Crippen molar-refractivity contribution in [2.45, 2.75) is 25.9 Å². The van der Waals surface area contributed by atoms with Crippen molar-refractivity contribution >= 4 is 5.84 Å². The number of nitrogens with two attached hydrogens (primary N) is 1. The summed E-state index contributed by atoms with van der Waals surface area (Å²) >= 11 is 0. The zero-order chi connectivity index (χ0) is 15.8. The maximum Gasteiger partial charge on any atom is 0.173 e.